The molecule has 1 aromatic carbocycles. The van der Waals surface area contributed by atoms with E-state index in [0.717, 1.165) is 22.4 Å². The number of nitrogens with one attached hydrogen (secondary N) is 2. The fraction of sp³-hybridized carbons (Fsp3) is 0.500. The summed E-state index contributed by atoms with van der Waals surface area (Å²) in [7, 11) is 0. The highest BCUT2D eigenvalue weighted by Gasteiger charge is 2.69. The minimum Gasteiger partial charge on any atom is -0.455 e. The molecule has 0 saturated heterocycles. The van der Waals surface area contributed by atoms with Gasteiger partial charge in [0, 0.05) is 12.1 Å². The van der Waals surface area contributed by atoms with Gasteiger partial charge >= 0.3 is 5.97 Å². The molecule has 26 heavy (non-hydrogen) atoms. The molecule has 0 unspecified atom stereocenters. The van der Waals surface area contributed by atoms with E-state index in [1.165, 1.54) is 0 Å². The second-order valence-electron chi connectivity index (χ2n) is 6.89. The van der Waals surface area contributed by atoms with Crippen LogP contribution < -0.4 is 10.6 Å². The van der Waals surface area contributed by atoms with E-state index in [1.807, 2.05) is 32.9 Å². The van der Waals surface area contributed by atoms with Gasteiger partial charge < -0.3 is 15.4 Å². The second kappa shape index (κ2) is 7.45. The minimum absolute atomic E-state index is 0.227. The molecule has 0 aliphatic heterocycles. The van der Waals surface area contributed by atoms with Crippen LogP contribution in [0.5, 0.6) is 0 Å². The van der Waals surface area contributed by atoms with Crippen LogP contribution in [0.3, 0.4) is 0 Å². The Bertz CT molecular complexity index is 741. The van der Waals surface area contributed by atoms with Crippen molar-refractivity contribution in [3.63, 3.8) is 0 Å². The van der Waals surface area contributed by atoms with Gasteiger partial charge in [-0.2, -0.15) is 0 Å². The summed E-state index contributed by atoms with van der Waals surface area (Å²) in [4.78, 5) is 35.7. The van der Waals surface area contributed by atoms with Crippen molar-refractivity contribution in [2.45, 2.75) is 38.4 Å². The fourth-order valence-corrected chi connectivity index (χ4v) is 3.39. The normalized spacial score (nSPS) is 20.2. The molecule has 0 bridgehead atoms. The van der Waals surface area contributed by atoms with Crippen molar-refractivity contribution in [3.05, 3.63) is 28.8 Å². The minimum atomic E-state index is -1.15. The Morgan fingerprint density at radius 3 is 2.15 bits per heavy atom. The molecular formula is C18H22Cl2N2O4. The highest BCUT2D eigenvalue weighted by atomic mass is 35.5. The third-order valence-electron chi connectivity index (χ3n) is 4.43. The molecule has 0 spiro atoms. The van der Waals surface area contributed by atoms with Gasteiger partial charge in [-0.05, 0) is 38.8 Å². The molecule has 2 rings (SSSR count). The zero-order valence-corrected chi connectivity index (χ0v) is 16.7. The van der Waals surface area contributed by atoms with Gasteiger partial charge in [0.25, 0.3) is 5.91 Å². The van der Waals surface area contributed by atoms with E-state index in [-0.39, 0.29) is 18.9 Å². The molecule has 1 aliphatic rings. The van der Waals surface area contributed by atoms with Gasteiger partial charge in [0.2, 0.25) is 5.91 Å². The lowest BCUT2D eigenvalue weighted by Crippen LogP contribution is -2.36. The molecule has 142 valence electrons. The number of hydrogen-bond donors (Lipinski definition) is 2. The monoisotopic (exact) mass is 400 g/mol. The number of aryl methyl sites for hydroxylation is 3. The molecule has 0 heterocycles. The number of ether oxygens (including phenoxy) is 1. The number of amides is 2. The Balaban J connectivity index is 1.77. The van der Waals surface area contributed by atoms with Crippen molar-refractivity contribution in [2.75, 3.05) is 18.5 Å². The first kappa shape index (κ1) is 20.5. The van der Waals surface area contributed by atoms with E-state index >= 15 is 0 Å². The lowest BCUT2D eigenvalue weighted by atomic mass is 10.1. The Labute approximate surface area is 162 Å². The number of esters is 1. The van der Waals surface area contributed by atoms with Crippen LogP contribution in [-0.2, 0) is 19.1 Å². The summed E-state index contributed by atoms with van der Waals surface area (Å²) in [5.41, 5.74) is 2.73. The van der Waals surface area contributed by atoms with Crippen LogP contribution in [0.25, 0.3) is 0 Å². The summed E-state index contributed by atoms with van der Waals surface area (Å²) >= 11 is 11.8. The molecular weight excluding hydrogens is 379 g/mol. The summed E-state index contributed by atoms with van der Waals surface area (Å²) in [6.07, 6.45) is 0.279. The summed E-state index contributed by atoms with van der Waals surface area (Å²) in [6.45, 7) is 6.64. The van der Waals surface area contributed by atoms with Crippen molar-refractivity contribution in [3.8, 4) is 0 Å². The second-order valence-corrected chi connectivity index (χ2v) is 8.37. The number of halogens is 2. The number of anilines is 1. The number of alkyl halides is 2. The van der Waals surface area contributed by atoms with E-state index < -0.39 is 28.2 Å². The third-order valence-corrected chi connectivity index (χ3v) is 5.53. The molecule has 0 radical (unpaired) electrons. The lowest BCUT2D eigenvalue weighted by Gasteiger charge is -2.14. The van der Waals surface area contributed by atoms with Gasteiger partial charge in [0.05, 0.1) is 6.54 Å². The number of carbonyl (C=O) groups is 3. The van der Waals surface area contributed by atoms with E-state index in [4.69, 9.17) is 27.9 Å². The van der Waals surface area contributed by atoms with Crippen LogP contribution in [0, 0.1) is 26.2 Å². The molecule has 2 N–H and O–H groups in total. The zero-order chi connectivity index (χ0) is 19.7. The van der Waals surface area contributed by atoms with Gasteiger partial charge in [-0.25, -0.2) is 0 Å². The molecule has 1 atom stereocenters. The van der Waals surface area contributed by atoms with Gasteiger partial charge in [0.1, 0.15) is 9.75 Å². The quantitative estimate of drug-likeness (QED) is 0.567. The smallest absolute Gasteiger partial charge is 0.315 e. The van der Waals surface area contributed by atoms with Crippen molar-refractivity contribution < 1.29 is 19.1 Å². The SMILES string of the molecule is Cc1cc(C)c(NC(=O)CNC(=O)COC(=O)[C@@]2(C)CC2(Cl)Cl)c(C)c1. The lowest BCUT2D eigenvalue weighted by molar-refractivity contribution is -0.153. The first-order valence-electron chi connectivity index (χ1n) is 8.16. The van der Waals surface area contributed by atoms with Gasteiger partial charge in [-0.15, -0.1) is 23.2 Å². The predicted octanol–water partition coefficient (Wildman–Crippen LogP) is 2.79. The summed E-state index contributed by atoms with van der Waals surface area (Å²) in [6, 6.07) is 3.93. The van der Waals surface area contributed by atoms with E-state index in [0.29, 0.717) is 0 Å². The van der Waals surface area contributed by atoms with Crippen molar-refractivity contribution in [1.29, 1.82) is 0 Å². The van der Waals surface area contributed by atoms with Crippen molar-refractivity contribution >= 4 is 46.7 Å². The highest BCUT2D eigenvalue weighted by Crippen LogP contribution is 2.64. The molecule has 1 saturated carbocycles. The van der Waals surface area contributed by atoms with Gasteiger partial charge in [-0.3, -0.25) is 14.4 Å². The molecule has 1 fully saturated rings. The fourth-order valence-electron chi connectivity index (χ4n) is 2.70. The van der Waals surface area contributed by atoms with Crippen LogP contribution in [0.4, 0.5) is 5.69 Å². The van der Waals surface area contributed by atoms with Gasteiger partial charge in [0.15, 0.2) is 6.61 Å². The molecule has 8 heteroatoms. The van der Waals surface area contributed by atoms with E-state index in [1.54, 1.807) is 6.92 Å². The van der Waals surface area contributed by atoms with Crippen LogP contribution in [0.1, 0.15) is 30.0 Å². The summed E-state index contributed by atoms with van der Waals surface area (Å²) in [5, 5.41) is 5.18. The van der Waals surface area contributed by atoms with Crippen LogP contribution in [-0.4, -0.2) is 35.3 Å². The molecule has 1 aromatic rings. The Hall–Kier alpha value is -1.79. The van der Waals surface area contributed by atoms with Crippen molar-refractivity contribution in [2.24, 2.45) is 5.41 Å². The number of rotatable bonds is 6. The summed E-state index contributed by atoms with van der Waals surface area (Å²) in [5.74, 6) is -1.58. The first-order valence-corrected chi connectivity index (χ1v) is 8.91. The average molecular weight is 401 g/mol. The van der Waals surface area contributed by atoms with E-state index in [2.05, 4.69) is 10.6 Å². The maximum absolute atomic E-state index is 12.0. The third kappa shape index (κ3) is 4.48. The molecule has 2 amide bonds. The number of benzene rings is 1. The van der Waals surface area contributed by atoms with E-state index in [9.17, 15) is 14.4 Å². The first-order chi connectivity index (χ1) is 12.0. The Morgan fingerprint density at radius 2 is 1.65 bits per heavy atom. The number of carbonyl (C=O) groups excluding carboxylic acids is 3. The standard InChI is InChI=1S/C18H22Cl2N2O4/c1-10-5-11(2)15(12(3)6-10)22-13(23)7-21-14(24)8-26-16(25)17(4)9-18(17,19)20/h5-6H,7-9H2,1-4H3,(H,21,24)(H,22,23)/t17-/m1/s1. The summed E-state index contributed by atoms with van der Waals surface area (Å²) < 4.78 is 3.77. The maximum atomic E-state index is 12.0. The Morgan fingerprint density at radius 1 is 1.12 bits per heavy atom. The van der Waals surface area contributed by atoms with Crippen LogP contribution >= 0.6 is 23.2 Å². The molecule has 1 aliphatic carbocycles. The Kier molecular flexibility index (Phi) is 5.88. The molecule has 6 nitrogen and oxygen atoms in total. The van der Waals surface area contributed by atoms with Gasteiger partial charge in [-0.1, -0.05) is 17.7 Å². The maximum Gasteiger partial charge on any atom is 0.315 e. The van der Waals surface area contributed by atoms with Crippen LogP contribution in [0.15, 0.2) is 12.1 Å². The zero-order valence-electron chi connectivity index (χ0n) is 15.2. The average Bonchev–Trinajstić information content (AvgIpc) is 3.06. The predicted molar refractivity (Wildman–Crippen MR) is 100 cm³/mol. The van der Waals surface area contributed by atoms with Crippen LogP contribution in [0.2, 0.25) is 0 Å². The topological polar surface area (TPSA) is 84.5 Å². The number of hydrogen-bond acceptors (Lipinski definition) is 4. The van der Waals surface area contributed by atoms with Crippen molar-refractivity contribution in [1.82, 2.24) is 5.32 Å². The largest absolute Gasteiger partial charge is 0.455 e. The highest BCUT2D eigenvalue weighted by molar-refractivity contribution is 6.53. The molecule has 0 aromatic heterocycles.